The molecule has 2 aromatic carbocycles. The number of rotatable bonds is 6. The summed E-state index contributed by atoms with van der Waals surface area (Å²) in [7, 11) is 1.68. The molecule has 19 heavy (non-hydrogen) atoms. The minimum atomic E-state index is 0.684. The molecule has 2 aromatic rings. The van der Waals surface area contributed by atoms with Gasteiger partial charge in [-0.15, -0.1) is 0 Å². The smallest absolute Gasteiger partial charge is 0.141 e. The average molecular weight is 257 g/mol. The first-order valence-corrected chi connectivity index (χ1v) is 6.42. The number of hydrogen-bond donors (Lipinski definition) is 1. The van der Waals surface area contributed by atoms with Gasteiger partial charge in [-0.25, -0.2) is 0 Å². The van der Waals surface area contributed by atoms with Crippen molar-refractivity contribution in [1.29, 1.82) is 0 Å². The van der Waals surface area contributed by atoms with E-state index in [1.54, 1.807) is 7.11 Å². The molecule has 1 N–H and O–H groups in total. The second-order valence-electron chi connectivity index (χ2n) is 4.13. The van der Waals surface area contributed by atoms with E-state index < -0.39 is 0 Å². The van der Waals surface area contributed by atoms with E-state index in [9.17, 15) is 0 Å². The molecule has 0 aromatic heterocycles. The van der Waals surface area contributed by atoms with Crippen molar-refractivity contribution in [1.82, 2.24) is 0 Å². The fourth-order valence-corrected chi connectivity index (χ4v) is 1.90. The van der Waals surface area contributed by atoms with Gasteiger partial charge in [0.15, 0.2) is 0 Å². The molecule has 0 aliphatic carbocycles. The Morgan fingerprint density at radius 1 is 1.05 bits per heavy atom. The molecule has 0 unspecified atom stereocenters. The Morgan fingerprint density at radius 2 is 1.89 bits per heavy atom. The second-order valence-corrected chi connectivity index (χ2v) is 4.13. The Balaban J connectivity index is 2.03. The average Bonchev–Trinajstić information content (AvgIpc) is 2.46. The summed E-state index contributed by atoms with van der Waals surface area (Å²) in [6.45, 7) is 3.41. The van der Waals surface area contributed by atoms with Crippen LogP contribution in [0, 0.1) is 0 Å². The molecule has 0 bridgehead atoms. The fourth-order valence-electron chi connectivity index (χ4n) is 1.90. The quantitative estimate of drug-likeness (QED) is 0.855. The third-order valence-corrected chi connectivity index (χ3v) is 2.80. The number of benzene rings is 2. The summed E-state index contributed by atoms with van der Waals surface area (Å²) >= 11 is 0. The Labute approximate surface area is 114 Å². The zero-order chi connectivity index (χ0) is 13.5. The first kappa shape index (κ1) is 13.3. The third kappa shape index (κ3) is 3.65. The molecule has 2 rings (SSSR count). The topological polar surface area (TPSA) is 30.5 Å². The van der Waals surface area contributed by atoms with Crippen molar-refractivity contribution < 1.29 is 9.47 Å². The molecule has 0 radical (unpaired) electrons. The summed E-state index contributed by atoms with van der Waals surface area (Å²) in [5.41, 5.74) is 2.17. The summed E-state index contributed by atoms with van der Waals surface area (Å²) < 4.78 is 10.8. The SMILES string of the molecule is CCOc1cccc(CNc2ccccc2OC)c1. The lowest BCUT2D eigenvalue weighted by molar-refractivity contribution is 0.340. The molecule has 0 saturated heterocycles. The lowest BCUT2D eigenvalue weighted by Crippen LogP contribution is -2.01. The van der Waals surface area contributed by atoms with Gasteiger partial charge in [0, 0.05) is 6.54 Å². The van der Waals surface area contributed by atoms with E-state index in [1.165, 1.54) is 5.56 Å². The highest BCUT2D eigenvalue weighted by molar-refractivity contribution is 5.56. The van der Waals surface area contributed by atoms with Gasteiger partial charge in [0.25, 0.3) is 0 Å². The van der Waals surface area contributed by atoms with Gasteiger partial charge in [-0.3, -0.25) is 0 Å². The maximum Gasteiger partial charge on any atom is 0.141 e. The van der Waals surface area contributed by atoms with Crippen LogP contribution in [-0.4, -0.2) is 13.7 Å². The van der Waals surface area contributed by atoms with Gasteiger partial charge in [-0.2, -0.15) is 0 Å². The second kappa shape index (κ2) is 6.69. The van der Waals surface area contributed by atoms with Crippen LogP contribution < -0.4 is 14.8 Å². The van der Waals surface area contributed by atoms with E-state index in [0.29, 0.717) is 6.61 Å². The number of anilines is 1. The first-order valence-electron chi connectivity index (χ1n) is 6.42. The van der Waals surface area contributed by atoms with Crippen LogP contribution in [0.15, 0.2) is 48.5 Å². The maximum absolute atomic E-state index is 5.49. The zero-order valence-electron chi connectivity index (χ0n) is 11.3. The summed E-state index contributed by atoms with van der Waals surface area (Å²) in [5.74, 6) is 1.75. The minimum absolute atomic E-state index is 0.684. The van der Waals surface area contributed by atoms with Crippen molar-refractivity contribution >= 4 is 5.69 Å². The number of methoxy groups -OCH3 is 1. The highest BCUT2D eigenvalue weighted by Crippen LogP contribution is 2.24. The molecular weight excluding hydrogens is 238 g/mol. The van der Waals surface area contributed by atoms with Crippen LogP contribution in [0.1, 0.15) is 12.5 Å². The molecule has 0 aliphatic heterocycles. The fraction of sp³-hybridized carbons (Fsp3) is 0.250. The largest absolute Gasteiger partial charge is 0.495 e. The highest BCUT2D eigenvalue weighted by Gasteiger charge is 2.01. The normalized spacial score (nSPS) is 10.0. The van der Waals surface area contributed by atoms with Gasteiger partial charge in [-0.1, -0.05) is 24.3 Å². The van der Waals surface area contributed by atoms with Crippen molar-refractivity contribution in [2.45, 2.75) is 13.5 Å². The zero-order valence-corrected chi connectivity index (χ0v) is 11.3. The molecule has 100 valence electrons. The molecule has 3 nitrogen and oxygen atoms in total. The maximum atomic E-state index is 5.49. The predicted octanol–water partition coefficient (Wildman–Crippen LogP) is 3.71. The highest BCUT2D eigenvalue weighted by atomic mass is 16.5. The monoisotopic (exact) mass is 257 g/mol. The van der Waals surface area contributed by atoms with Crippen LogP contribution in [0.3, 0.4) is 0 Å². The lowest BCUT2D eigenvalue weighted by Gasteiger charge is -2.11. The number of ether oxygens (including phenoxy) is 2. The van der Waals surface area contributed by atoms with Crippen molar-refractivity contribution in [3.8, 4) is 11.5 Å². The predicted molar refractivity (Wildman–Crippen MR) is 77.9 cm³/mol. The van der Waals surface area contributed by atoms with Crippen LogP contribution in [0.2, 0.25) is 0 Å². The van der Waals surface area contributed by atoms with Crippen molar-refractivity contribution in [2.24, 2.45) is 0 Å². The Bertz CT molecular complexity index is 526. The number of nitrogens with one attached hydrogen (secondary N) is 1. The summed E-state index contributed by atoms with van der Waals surface area (Å²) in [4.78, 5) is 0. The van der Waals surface area contributed by atoms with E-state index in [-0.39, 0.29) is 0 Å². The molecule has 0 heterocycles. The van der Waals surface area contributed by atoms with Crippen LogP contribution in [-0.2, 0) is 6.54 Å². The van der Waals surface area contributed by atoms with Gasteiger partial charge in [0.1, 0.15) is 11.5 Å². The Morgan fingerprint density at radius 3 is 2.68 bits per heavy atom. The van der Waals surface area contributed by atoms with Crippen LogP contribution >= 0.6 is 0 Å². The number of para-hydroxylation sites is 2. The summed E-state index contributed by atoms with van der Waals surface area (Å²) in [5, 5.41) is 3.37. The number of hydrogen-bond acceptors (Lipinski definition) is 3. The van der Waals surface area contributed by atoms with Gasteiger partial charge in [-0.05, 0) is 36.8 Å². The van der Waals surface area contributed by atoms with Gasteiger partial charge < -0.3 is 14.8 Å². The summed E-state index contributed by atoms with van der Waals surface area (Å²) in [6, 6.07) is 16.0. The molecular formula is C16H19NO2. The standard InChI is InChI=1S/C16H19NO2/c1-3-19-14-8-6-7-13(11-14)12-17-15-9-4-5-10-16(15)18-2/h4-11,17H,3,12H2,1-2H3. The van der Waals surface area contributed by atoms with E-state index in [4.69, 9.17) is 9.47 Å². The molecule has 0 atom stereocenters. The van der Waals surface area contributed by atoms with Crippen molar-refractivity contribution in [3.05, 3.63) is 54.1 Å². The molecule has 0 fully saturated rings. The first-order chi connectivity index (χ1) is 9.33. The van der Waals surface area contributed by atoms with Gasteiger partial charge >= 0.3 is 0 Å². The molecule has 0 saturated carbocycles. The summed E-state index contributed by atoms with van der Waals surface area (Å²) in [6.07, 6.45) is 0. The molecule has 0 spiro atoms. The van der Waals surface area contributed by atoms with Gasteiger partial charge in [0.2, 0.25) is 0 Å². The van der Waals surface area contributed by atoms with E-state index in [2.05, 4.69) is 11.4 Å². The molecule has 0 aliphatic rings. The minimum Gasteiger partial charge on any atom is -0.495 e. The third-order valence-electron chi connectivity index (χ3n) is 2.80. The van der Waals surface area contributed by atoms with Crippen LogP contribution in [0.4, 0.5) is 5.69 Å². The van der Waals surface area contributed by atoms with Crippen molar-refractivity contribution in [3.63, 3.8) is 0 Å². The van der Waals surface area contributed by atoms with E-state index in [0.717, 1.165) is 23.7 Å². The van der Waals surface area contributed by atoms with Crippen LogP contribution in [0.25, 0.3) is 0 Å². The van der Waals surface area contributed by atoms with Crippen molar-refractivity contribution in [2.75, 3.05) is 19.0 Å². The van der Waals surface area contributed by atoms with E-state index >= 15 is 0 Å². The Hall–Kier alpha value is -2.16. The molecule has 0 amide bonds. The lowest BCUT2D eigenvalue weighted by atomic mass is 10.2. The van der Waals surface area contributed by atoms with Crippen LogP contribution in [0.5, 0.6) is 11.5 Å². The van der Waals surface area contributed by atoms with Gasteiger partial charge in [0.05, 0.1) is 19.4 Å². The van der Waals surface area contributed by atoms with E-state index in [1.807, 2.05) is 49.4 Å². The molecule has 3 heteroatoms. The Kier molecular flexibility index (Phi) is 4.67.